The molecule has 0 aliphatic heterocycles. The molecule has 0 saturated carbocycles. The van der Waals surface area contributed by atoms with Gasteiger partial charge in [-0.3, -0.25) is 9.36 Å². The molecule has 168 valence electrons. The number of carbonyl (C=O) groups is 2. The Bertz CT molecular complexity index is 1320. The lowest BCUT2D eigenvalue weighted by molar-refractivity contribution is 0.0509. The average Bonchev–Trinajstić information content (AvgIpc) is 3.10. The molecule has 4 rings (SSSR count). The lowest BCUT2D eigenvalue weighted by Crippen LogP contribution is -2.14. The van der Waals surface area contributed by atoms with E-state index in [9.17, 15) is 9.59 Å². The van der Waals surface area contributed by atoms with Crippen LogP contribution < -0.4 is 4.74 Å². The van der Waals surface area contributed by atoms with Crippen LogP contribution in [0.1, 0.15) is 37.5 Å². The Labute approximate surface area is 197 Å². The quantitative estimate of drug-likeness (QED) is 0.330. The lowest BCUT2D eigenvalue weighted by Gasteiger charge is -2.08. The molecule has 3 aromatic carbocycles. The molecule has 5 nitrogen and oxygen atoms in total. The number of hydrogen-bond acceptors (Lipinski definition) is 4. The van der Waals surface area contributed by atoms with Crippen LogP contribution in [0.4, 0.5) is 0 Å². The van der Waals surface area contributed by atoms with Crippen LogP contribution in [0, 0.1) is 13.8 Å². The average molecular weight is 462 g/mol. The summed E-state index contributed by atoms with van der Waals surface area (Å²) < 4.78 is 12.6. The van der Waals surface area contributed by atoms with Crippen LogP contribution in [0.25, 0.3) is 10.9 Å². The van der Waals surface area contributed by atoms with Gasteiger partial charge >= 0.3 is 5.97 Å². The fourth-order valence-electron chi connectivity index (χ4n) is 3.91. The smallest absolute Gasteiger partial charge is 0.338 e. The summed E-state index contributed by atoms with van der Waals surface area (Å²) in [5.74, 6) is 0.171. The van der Waals surface area contributed by atoms with Crippen molar-refractivity contribution in [3.05, 3.63) is 99.7 Å². The molecule has 0 spiro atoms. The zero-order valence-electron chi connectivity index (χ0n) is 18.7. The molecule has 0 atom stereocenters. The number of fused-ring (bicyclic) bond motifs is 1. The number of benzene rings is 3. The van der Waals surface area contributed by atoms with Gasteiger partial charge < -0.3 is 9.47 Å². The molecule has 0 aliphatic carbocycles. The summed E-state index contributed by atoms with van der Waals surface area (Å²) in [7, 11) is 1.60. The van der Waals surface area contributed by atoms with Crippen LogP contribution in [0.2, 0.25) is 5.02 Å². The molecular formula is C27H24ClNO4. The number of halogens is 1. The van der Waals surface area contributed by atoms with Crippen LogP contribution in [0.3, 0.4) is 0 Å². The first-order valence-corrected chi connectivity index (χ1v) is 11.0. The summed E-state index contributed by atoms with van der Waals surface area (Å²) in [6, 6.07) is 19.7. The monoisotopic (exact) mass is 461 g/mol. The first-order valence-electron chi connectivity index (χ1n) is 10.6. The number of aromatic nitrogens is 1. The van der Waals surface area contributed by atoms with Gasteiger partial charge in [-0.25, -0.2) is 4.79 Å². The van der Waals surface area contributed by atoms with E-state index < -0.39 is 0 Å². The summed E-state index contributed by atoms with van der Waals surface area (Å²) in [6.45, 7) is 4.06. The van der Waals surface area contributed by atoms with Crippen molar-refractivity contribution in [1.29, 1.82) is 0 Å². The highest BCUT2D eigenvalue weighted by atomic mass is 35.5. The van der Waals surface area contributed by atoms with Gasteiger partial charge in [0.25, 0.3) is 5.91 Å². The third-order valence-corrected chi connectivity index (χ3v) is 5.96. The van der Waals surface area contributed by atoms with E-state index in [0.717, 1.165) is 27.7 Å². The highest BCUT2D eigenvalue weighted by Crippen LogP contribution is 2.31. The number of rotatable bonds is 6. The normalized spacial score (nSPS) is 10.9. The zero-order valence-corrected chi connectivity index (χ0v) is 19.5. The van der Waals surface area contributed by atoms with E-state index in [4.69, 9.17) is 21.1 Å². The Morgan fingerprint density at radius 2 is 1.58 bits per heavy atom. The van der Waals surface area contributed by atoms with E-state index >= 15 is 0 Å². The molecule has 0 unspecified atom stereocenters. The predicted molar refractivity (Wildman–Crippen MR) is 130 cm³/mol. The summed E-state index contributed by atoms with van der Waals surface area (Å²) in [6.07, 6.45) is 0.466. The number of carbonyl (C=O) groups excluding carboxylic acids is 2. The van der Waals surface area contributed by atoms with Crippen molar-refractivity contribution in [3.63, 3.8) is 0 Å². The Kier molecular flexibility index (Phi) is 6.52. The number of ether oxygens (including phenoxy) is 2. The topological polar surface area (TPSA) is 57.5 Å². The highest BCUT2D eigenvalue weighted by Gasteiger charge is 2.21. The fraction of sp³-hybridized carbons (Fsp3) is 0.185. The van der Waals surface area contributed by atoms with Crippen molar-refractivity contribution in [3.8, 4) is 5.75 Å². The molecule has 1 aromatic heterocycles. The Morgan fingerprint density at radius 1 is 0.909 bits per heavy atom. The maximum absolute atomic E-state index is 13.4. The molecular weight excluding hydrogens is 438 g/mol. The second kappa shape index (κ2) is 9.51. The van der Waals surface area contributed by atoms with Gasteiger partial charge in [-0.2, -0.15) is 0 Å². The second-order valence-corrected chi connectivity index (χ2v) is 8.28. The number of methoxy groups -OCH3 is 1. The van der Waals surface area contributed by atoms with Gasteiger partial charge in [0.1, 0.15) is 5.75 Å². The van der Waals surface area contributed by atoms with Crippen molar-refractivity contribution in [1.82, 2.24) is 4.57 Å². The minimum absolute atomic E-state index is 0.151. The van der Waals surface area contributed by atoms with Gasteiger partial charge in [0.05, 0.1) is 24.8 Å². The summed E-state index contributed by atoms with van der Waals surface area (Å²) >= 11 is 5.99. The second-order valence-electron chi connectivity index (χ2n) is 7.85. The molecule has 0 amide bonds. The minimum atomic E-state index is -0.369. The van der Waals surface area contributed by atoms with Crippen molar-refractivity contribution in [2.75, 3.05) is 13.7 Å². The summed E-state index contributed by atoms with van der Waals surface area (Å²) in [5, 5.41) is 1.46. The Morgan fingerprint density at radius 3 is 2.24 bits per heavy atom. The summed E-state index contributed by atoms with van der Waals surface area (Å²) in [4.78, 5) is 25.8. The van der Waals surface area contributed by atoms with Gasteiger partial charge in [-0.15, -0.1) is 0 Å². The molecule has 0 bridgehead atoms. The first-order chi connectivity index (χ1) is 15.9. The van der Waals surface area contributed by atoms with E-state index in [2.05, 4.69) is 0 Å². The maximum Gasteiger partial charge on any atom is 0.338 e. The van der Waals surface area contributed by atoms with Crippen LogP contribution in [-0.2, 0) is 11.2 Å². The number of hydrogen-bond donors (Lipinski definition) is 0. The fourth-order valence-corrected chi connectivity index (χ4v) is 4.03. The molecule has 0 radical (unpaired) electrons. The van der Waals surface area contributed by atoms with E-state index in [1.807, 2.05) is 44.2 Å². The van der Waals surface area contributed by atoms with Gasteiger partial charge in [-0.1, -0.05) is 29.3 Å². The Balaban J connectivity index is 1.65. The molecule has 0 aliphatic rings. The Hall–Kier alpha value is -3.57. The van der Waals surface area contributed by atoms with Gasteiger partial charge in [0, 0.05) is 28.1 Å². The van der Waals surface area contributed by atoms with Crippen molar-refractivity contribution in [2.45, 2.75) is 20.3 Å². The maximum atomic E-state index is 13.4. The number of nitrogens with zero attached hydrogens (tertiary/aromatic N) is 1. The van der Waals surface area contributed by atoms with E-state index in [1.54, 1.807) is 48.1 Å². The van der Waals surface area contributed by atoms with Crippen LogP contribution >= 0.6 is 11.6 Å². The third kappa shape index (κ3) is 4.64. The molecule has 1 heterocycles. The predicted octanol–water partition coefficient (Wildman–Crippen LogP) is 6.01. The third-order valence-electron chi connectivity index (χ3n) is 5.71. The van der Waals surface area contributed by atoms with E-state index in [0.29, 0.717) is 28.3 Å². The van der Waals surface area contributed by atoms with Crippen molar-refractivity contribution >= 4 is 34.4 Å². The molecule has 0 N–H and O–H groups in total. The first kappa shape index (κ1) is 22.6. The van der Waals surface area contributed by atoms with Crippen LogP contribution in [-0.4, -0.2) is 30.2 Å². The summed E-state index contributed by atoms with van der Waals surface area (Å²) in [5.41, 5.74) is 4.63. The van der Waals surface area contributed by atoms with E-state index in [1.165, 1.54) is 0 Å². The van der Waals surface area contributed by atoms with Crippen LogP contribution in [0.15, 0.2) is 66.7 Å². The molecule has 0 saturated heterocycles. The number of aryl methyl sites for hydroxylation is 1. The van der Waals surface area contributed by atoms with Crippen molar-refractivity contribution < 1.29 is 19.1 Å². The largest absolute Gasteiger partial charge is 0.497 e. The lowest BCUT2D eigenvalue weighted by atomic mass is 10.1. The number of esters is 1. The van der Waals surface area contributed by atoms with E-state index in [-0.39, 0.29) is 18.5 Å². The van der Waals surface area contributed by atoms with Gasteiger partial charge in [0.2, 0.25) is 0 Å². The molecule has 33 heavy (non-hydrogen) atoms. The van der Waals surface area contributed by atoms with Gasteiger partial charge in [0.15, 0.2) is 0 Å². The van der Waals surface area contributed by atoms with Crippen molar-refractivity contribution in [2.24, 2.45) is 0 Å². The zero-order chi connectivity index (χ0) is 23.5. The molecule has 4 aromatic rings. The minimum Gasteiger partial charge on any atom is -0.497 e. The molecule has 0 fully saturated rings. The standard InChI is InChI=1S/C27H24ClNO4/c1-17-4-6-20(7-5-17)27(31)33-15-14-23-18(2)29(25-13-12-22(32-3)16-24(23)25)26(30)19-8-10-21(28)11-9-19/h4-13,16H,14-15H2,1-3H3. The molecule has 6 heteroatoms. The SMILES string of the molecule is COc1ccc2c(c1)c(CCOC(=O)c1ccc(C)cc1)c(C)n2C(=O)c1ccc(Cl)cc1. The van der Waals surface area contributed by atoms with Gasteiger partial charge in [-0.05, 0) is 74.0 Å². The highest BCUT2D eigenvalue weighted by molar-refractivity contribution is 6.30. The van der Waals surface area contributed by atoms with Crippen LogP contribution in [0.5, 0.6) is 5.75 Å².